The number of amides is 1. The first-order chi connectivity index (χ1) is 14.4. The van der Waals surface area contributed by atoms with E-state index in [4.69, 9.17) is 4.74 Å². The molecule has 2 heterocycles. The number of halogens is 1. The van der Waals surface area contributed by atoms with Crippen molar-refractivity contribution in [1.82, 2.24) is 9.29 Å². The minimum Gasteiger partial charge on any atom is -0.494 e. The van der Waals surface area contributed by atoms with E-state index in [1.165, 1.54) is 27.8 Å². The summed E-state index contributed by atoms with van der Waals surface area (Å²) in [4.78, 5) is 17.2. The highest BCUT2D eigenvalue weighted by Gasteiger charge is 2.39. The Morgan fingerprint density at radius 2 is 2.07 bits per heavy atom. The van der Waals surface area contributed by atoms with Crippen molar-refractivity contribution >= 4 is 42.6 Å². The van der Waals surface area contributed by atoms with Crippen LogP contribution in [-0.4, -0.2) is 42.8 Å². The Morgan fingerprint density at radius 3 is 2.80 bits per heavy atom. The third kappa shape index (κ3) is 4.03. The predicted octanol–water partition coefficient (Wildman–Crippen LogP) is 3.63. The van der Waals surface area contributed by atoms with Crippen molar-refractivity contribution in [3.05, 3.63) is 48.3 Å². The number of hydrogen-bond donors (Lipinski definition) is 1. The van der Waals surface area contributed by atoms with Crippen LogP contribution in [0.25, 0.3) is 10.2 Å². The third-order valence-electron chi connectivity index (χ3n) is 4.83. The van der Waals surface area contributed by atoms with E-state index in [0.717, 1.165) is 28.1 Å². The van der Waals surface area contributed by atoms with Gasteiger partial charge in [-0.3, -0.25) is 4.79 Å². The van der Waals surface area contributed by atoms with Gasteiger partial charge in [0.2, 0.25) is 15.9 Å². The Morgan fingerprint density at radius 1 is 1.30 bits per heavy atom. The van der Waals surface area contributed by atoms with Crippen LogP contribution in [-0.2, 0) is 14.8 Å². The molecule has 158 valence electrons. The molecule has 1 fully saturated rings. The van der Waals surface area contributed by atoms with Gasteiger partial charge in [0.15, 0.2) is 5.13 Å². The number of carbonyl (C=O) groups is 1. The number of nitrogens with one attached hydrogen (secondary N) is 1. The zero-order chi connectivity index (χ0) is 21.3. The van der Waals surface area contributed by atoms with Gasteiger partial charge in [-0.2, -0.15) is 4.31 Å². The van der Waals surface area contributed by atoms with Crippen LogP contribution >= 0.6 is 11.3 Å². The molecule has 0 saturated carbocycles. The third-order valence-corrected chi connectivity index (χ3v) is 7.68. The SMILES string of the molecule is CCOc1ccc2nc(NC(=O)C3CCCN3S(=O)(=O)c3ccc(F)cc3)sc2c1. The quantitative estimate of drug-likeness (QED) is 0.621. The van der Waals surface area contributed by atoms with Gasteiger partial charge in [-0.15, -0.1) is 0 Å². The second-order valence-electron chi connectivity index (χ2n) is 6.80. The number of ether oxygens (including phenoxy) is 1. The Hall–Kier alpha value is -2.56. The van der Waals surface area contributed by atoms with Crippen molar-refractivity contribution in [3.63, 3.8) is 0 Å². The lowest BCUT2D eigenvalue weighted by molar-refractivity contribution is -0.119. The molecule has 30 heavy (non-hydrogen) atoms. The molecule has 7 nitrogen and oxygen atoms in total. The summed E-state index contributed by atoms with van der Waals surface area (Å²) in [5.74, 6) is -0.228. The van der Waals surface area contributed by atoms with Crippen molar-refractivity contribution in [2.75, 3.05) is 18.5 Å². The van der Waals surface area contributed by atoms with Crippen molar-refractivity contribution < 1.29 is 22.3 Å². The fourth-order valence-corrected chi connectivity index (χ4v) is 5.99. The summed E-state index contributed by atoms with van der Waals surface area (Å²) >= 11 is 1.30. The molecule has 0 radical (unpaired) electrons. The van der Waals surface area contributed by atoms with Crippen LogP contribution in [0.3, 0.4) is 0 Å². The summed E-state index contributed by atoms with van der Waals surface area (Å²) in [6, 6.07) is 9.24. The van der Waals surface area contributed by atoms with Gasteiger partial charge in [0.05, 0.1) is 21.7 Å². The molecule has 1 amide bonds. The number of carbonyl (C=O) groups excluding carboxylic acids is 1. The molecule has 1 aromatic heterocycles. The van der Waals surface area contributed by atoms with Crippen LogP contribution in [0.1, 0.15) is 19.8 Å². The molecular weight excluding hydrogens is 429 g/mol. The van der Waals surface area contributed by atoms with E-state index >= 15 is 0 Å². The van der Waals surface area contributed by atoms with Gasteiger partial charge in [0.1, 0.15) is 17.6 Å². The molecule has 3 aromatic rings. The van der Waals surface area contributed by atoms with Crippen LogP contribution in [0.2, 0.25) is 0 Å². The first kappa shape index (κ1) is 20.7. The monoisotopic (exact) mass is 449 g/mol. The minimum atomic E-state index is -3.91. The second kappa shape index (κ2) is 8.29. The maximum atomic E-state index is 13.2. The number of nitrogens with zero attached hydrogens (tertiary/aromatic N) is 2. The van der Waals surface area contributed by atoms with Gasteiger partial charge in [0, 0.05) is 6.54 Å². The number of sulfonamides is 1. The highest BCUT2D eigenvalue weighted by atomic mass is 32.2. The standard InChI is InChI=1S/C20H20FN3O4S2/c1-2-28-14-7-10-16-18(12-14)29-20(22-16)23-19(25)17-4-3-11-24(17)30(26,27)15-8-5-13(21)6-9-15/h5-10,12,17H,2-4,11H2,1H3,(H,22,23,25). The summed E-state index contributed by atoms with van der Waals surface area (Å²) in [6.07, 6.45) is 0.974. The van der Waals surface area contributed by atoms with E-state index in [-0.39, 0.29) is 11.4 Å². The topological polar surface area (TPSA) is 88.6 Å². The lowest BCUT2D eigenvalue weighted by Gasteiger charge is -2.23. The molecule has 1 saturated heterocycles. The van der Waals surface area contributed by atoms with Gasteiger partial charge >= 0.3 is 0 Å². The molecular formula is C20H20FN3O4S2. The lowest BCUT2D eigenvalue weighted by atomic mass is 10.2. The summed E-state index contributed by atoms with van der Waals surface area (Å²) in [6.45, 7) is 2.68. The highest BCUT2D eigenvalue weighted by molar-refractivity contribution is 7.89. The lowest BCUT2D eigenvalue weighted by Crippen LogP contribution is -2.43. The molecule has 0 bridgehead atoms. The van der Waals surface area contributed by atoms with E-state index in [9.17, 15) is 17.6 Å². The number of fused-ring (bicyclic) bond motifs is 1. The predicted molar refractivity (Wildman–Crippen MR) is 113 cm³/mol. The van der Waals surface area contributed by atoms with Gasteiger partial charge in [0.25, 0.3) is 0 Å². The molecule has 2 aromatic carbocycles. The Kier molecular flexibility index (Phi) is 5.72. The molecule has 1 atom stereocenters. The first-order valence-electron chi connectivity index (χ1n) is 9.50. The average Bonchev–Trinajstić information content (AvgIpc) is 3.35. The zero-order valence-electron chi connectivity index (χ0n) is 16.2. The fraction of sp³-hybridized carbons (Fsp3) is 0.300. The molecule has 1 unspecified atom stereocenters. The van der Waals surface area contributed by atoms with Crippen LogP contribution in [0.4, 0.5) is 9.52 Å². The molecule has 1 aliphatic rings. The minimum absolute atomic E-state index is 0.0351. The highest BCUT2D eigenvalue weighted by Crippen LogP contribution is 2.31. The summed E-state index contributed by atoms with van der Waals surface area (Å²) < 4.78 is 46.6. The molecule has 1 aliphatic heterocycles. The fourth-order valence-electron chi connectivity index (χ4n) is 3.44. The Labute approximate surface area is 177 Å². The van der Waals surface area contributed by atoms with E-state index in [1.54, 1.807) is 0 Å². The second-order valence-corrected chi connectivity index (χ2v) is 9.72. The normalized spacial score (nSPS) is 17.3. The number of aromatic nitrogens is 1. The number of benzene rings is 2. The van der Waals surface area contributed by atoms with Crippen molar-refractivity contribution in [2.45, 2.75) is 30.7 Å². The van der Waals surface area contributed by atoms with E-state index in [2.05, 4.69) is 10.3 Å². The van der Waals surface area contributed by atoms with Crippen LogP contribution in [0.5, 0.6) is 5.75 Å². The largest absolute Gasteiger partial charge is 0.494 e. The van der Waals surface area contributed by atoms with Gasteiger partial charge < -0.3 is 10.1 Å². The summed E-state index contributed by atoms with van der Waals surface area (Å²) in [5.41, 5.74) is 0.723. The van der Waals surface area contributed by atoms with Crippen molar-refractivity contribution in [2.24, 2.45) is 0 Å². The molecule has 10 heteroatoms. The van der Waals surface area contributed by atoms with Gasteiger partial charge in [-0.25, -0.2) is 17.8 Å². The number of rotatable bonds is 6. The zero-order valence-corrected chi connectivity index (χ0v) is 17.8. The van der Waals surface area contributed by atoms with E-state index < -0.39 is 27.8 Å². The number of hydrogen-bond acceptors (Lipinski definition) is 6. The maximum Gasteiger partial charge on any atom is 0.244 e. The molecule has 0 spiro atoms. The Balaban J connectivity index is 1.54. The van der Waals surface area contributed by atoms with E-state index in [0.29, 0.717) is 24.6 Å². The molecule has 1 N–H and O–H groups in total. The van der Waals surface area contributed by atoms with Gasteiger partial charge in [-0.1, -0.05) is 11.3 Å². The van der Waals surface area contributed by atoms with Crippen LogP contribution in [0, 0.1) is 5.82 Å². The summed E-state index contributed by atoms with van der Waals surface area (Å²) in [5, 5.41) is 3.15. The summed E-state index contributed by atoms with van der Waals surface area (Å²) in [7, 11) is -3.91. The number of anilines is 1. The van der Waals surface area contributed by atoms with Crippen molar-refractivity contribution in [3.8, 4) is 5.75 Å². The number of thiazole rings is 1. The molecule has 0 aliphatic carbocycles. The van der Waals surface area contributed by atoms with Crippen molar-refractivity contribution in [1.29, 1.82) is 0 Å². The molecule has 4 rings (SSSR count). The maximum absolute atomic E-state index is 13.2. The van der Waals surface area contributed by atoms with Crippen LogP contribution < -0.4 is 10.1 Å². The Bertz CT molecular complexity index is 1180. The first-order valence-corrected chi connectivity index (χ1v) is 11.8. The van der Waals surface area contributed by atoms with Crippen LogP contribution in [0.15, 0.2) is 47.4 Å². The van der Waals surface area contributed by atoms with E-state index in [1.807, 2.05) is 25.1 Å². The van der Waals surface area contributed by atoms with Gasteiger partial charge in [-0.05, 0) is 62.2 Å². The average molecular weight is 450 g/mol. The smallest absolute Gasteiger partial charge is 0.244 e.